The van der Waals surface area contributed by atoms with Gasteiger partial charge in [-0.2, -0.15) is 0 Å². The molecule has 0 bridgehead atoms. The van der Waals surface area contributed by atoms with E-state index in [2.05, 4.69) is 5.32 Å². The van der Waals surface area contributed by atoms with E-state index < -0.39 is 10.9 Å². The first-order chi connectivity index (χ1) is 9.47. The smallest absolute Gasteiger partial charge is 0.336 e. The number of aromatic hydroxyl groups is 1. The summed E-state index contributed by atoms with van der Waals surface area (Å²) in [4.78, 5) is 21.7. The first-order valence-corrected chi connectivity index (χ1v) is 6.37. The summed E-state index contributed by atoms with van der Waals surface area (Å²) in [5, 5.41) is 33.3. The number of nitrogens with one attached hydrogen (secondary N) is 1. The van der Waals surface area contributed by atoms with Crippen molar-refractivity contribution in [1.82, 2.24) is 0 Å². The van der Waals surface area contributed by atoms with Crippen LogP contribution in [-0.2, 0) is 6.54 Å². The van der Waals surface area contributed by atoms with Crippen molar-refractivity contribution in [2.45, 2.75) is 6.54 Å². The number of carboxylic acid groups (broad SMARTS) is 1. The summed E-state index contributed by atoms with van der Waals surface area (Å²) in [7, 11) is 0. The van der Waals surface area contributed by atoms with E-state index in [-0.39, 0.29) is 29.2 Å². The van der Waals surface area contributed by atoms with Crippen molar-refractivity contribution in [3.63, 3.8) is 0 Å². The number of phenolic OH excluding ortho intramolecular Hbond substituents is 1. The molecule has 0 aliphatic rings. The van der Waals surface area contributed by atoms with Crippen LogP contribution in [0.5, 0.6) is 5.75 Å². The van der Waals surface area contributed by atoms with E-state index in [0.29, 0.717) is 0 Å². The van der Waals surface area contributed by atoms with E-state index in [4.69, 9.17) is 5.11 Å². The van der Waals surface area contributed by atoms with Crippen LogP contribution in [0.15, 0.2) is 29.6 Å². The number of hydrogen-bond acceptors (Lipinski definition) is 6. The number of nitrogens with zero attached hydrogens (tertiary/aromatic N) is 1. The molecule has 7 nitrogen and oxygen atoms in total. The number of phenols is 1. The second-order valence-electron chi connectivity index (χ2n) is 3.92. The Labute approximate surface area is 117 Å². The third-order valence-electron chi connectivity index (χ3n) is 2.53. The number of anilines is 1. The minimum atomic E-state index is -1.01. The van der Waals surface area contributed by atoms with E-state index in [1.165, 1.54) is 34.9 Å². The highest BCUT2D eigenvalue weighted by atomic mass is 32.1. The van der Waals surface area contributed by atoms with Crippen molar-refractivity contribution in [2.75, 3.05) is 5.32 Å². The molecule has 2 aromatic rings. The van der Waals surface area contributed by atoms with Gasteiger partial charge in [-0.3, -0.25) is 10.1 Å². The zero-order chi connectivity index (χ0) is 14.7. The molecule has 0 saturated heterocycles. The van der Waals surface area contributed by atoms with Crippen LogP contribution in [0, 0.1) is 10.1 Å². The summed E-state index contributed by atoms with van der Waals surface area (Å²) in [6.45, 7) is 0.267. The molecule has 1 heterocycles. The highest BCUT2D eigenvalue weighted by Crippen LogP contribution is 2.29. The fourth-order valence-electron chi connectivity index (χ4n) is 1.59. The zero-order valence-corrected chi connectivity index (χ0v) is 10.9. The summed E-state index contributed by atoms with van der Waals surface area (Å²) in [6, 6.07) is 5.30. The van der Waals surface area contributed by atoms with E-state index >= 15 is 0 Å². The van der Waals surface area contributed by atoms with Crippen LogP contribution in [0.4, 0.5) is 11.4 Å². The van der Waals surface area contributed by atoms with Crippen LogP contribution in [0.2, 0.25) is 0 Å². The Morgan fingerprint density at radius 3 is 2.75 bits per heavy atom. The maximum absolute atomic E-state index is 10.9. The van der Waals surface area contributed by atoms with Gasteiger partial charge in [-0.25, -0.2) is 4.79 Å². The molecule has 1 aromatic carbocycles. The monoisotopic (exact) mass is 294 g/mol. The van der Waals surface area contributed by atoms with E-state index in [1.54, 1.807) is 0 Å². The Balaban J connectivity index is 2.14. The molecule has 0 spiro atoms. The SMILES string of the molecule is O=C(O)c1csc(CNc2ccc(O)cc2[N+](=O)[O-])c1. The summed E-state index contributed by atoms with van der Waals surface area (Å²) in [5.74, 6) is -1.20. The lowest BCUT2D eigenvalue weighted by molar-refractivity contribution is -0.384. The van der Waals surface area contributed by atoms with E-state index in [1.807, 2.05) is 0 Å². The molecule has 0 atom stereocenters. The van der Waals surface area contributed by atoms with Gasteiger partial charge in [-0.1, -0.05) is 0 Å². The van der Waals surface area contributed by atoms with Gasteiger partial charge < -0.3 is 15.5 Å². The van der Waals surface area contributed by atoms with Crippen LogP contribution < -0.4 is 5.32 Å². The molecule has 0 saturated carbocycles. The number of hydrogen-bond donors (Lipinski definition) is 3. The van der Waals surface area contributed by atoms with Crippen molar-refractivity contribution in [3.8, 4) is 5.75 Å². The van der Waals surface area contributed by atoms with Crippen LogP contribution >= 0.6 is 11.3 Å². The zero-order valence-electron chi connectivity index (χ0n) is 10.1. The lowest BCUT2D eigenvalue weighted by Gasteiger charge is -2.05. The maximum atomic E-state index is 10.9. The van der Waals surface area contributed by atoms with Gasteiger partial charge in [0.1, 0.15) is 11.4 Å². The molecular formula is C12H10N2O5S. The molecule has 0 unspecified atom stereocenters. The third-order valence-corrected chi connectivity index (χ3v) is 3.47. The standard InChI is InChI=1S/C12H10N2O5S/c15-8-1-2-10(11(4-8)14(18)19)13-5-9-3-7(6-20-9)12(16)17/h1-4,6,13,15H,5H2,(H,16,17). The molecule has 0 aliphatic heterocycles. The van der Waals surface area contributed by atoms with Crippen LogP contribution in [0.1, 0.15) is 15.2 Å². The van der Waals surface area contributed by atoms with Crippen LogP contribution in [0.25, 0.3) is 0 Å². The second kappa shape index (κ2) is 5.57. The van der Waals surface area contributed by atoms with Crippen molar-refractivity contribution in [3.05, 3.63) is 50.2 Å². The second-order valence-corrected chi connectivity index (χ2v) is 4.91. The predicted molar refractivity (Wildman–Crippen MR) is 73.4 cm³/mol. The summed E-state index contributed by atoms with van der Waals surface area (Å²) >= 11 is 1.25. The van der Waals surface area contributed by atoms with Crippen LogP contribution in [-0.4, -0.2) is 21.1 Å². The van der Waals surface area contributed by atoms with Gasteiger partial charge in [0.2, 0.25) is 0 Å². The van der Waals surface area contributed by atoms with Crippen molar-refractivity contribution in [1.29, 1.82) is 0 Å². The van der Waals surface area contributed by atoms with Gasteiger partial charge in [0.25, 0.3) is 5.69 Å². The largest absolute Gasteiger partial charge is 0.508 e. The minimum Gasteiger partial charge on any atom is -0.508 e. The molecule has 8 heteroatoms. The molecule has 2 rings (SSSR count). The highest BCUT2D eigenvalue weighted by molar-refractivity contribution is 7.10. The molecule has 1 aromatic heterocycles. The Morgan fingerprint density at radius 2 is 2.15 bits per heavy atom. The Morgan fingerprint density at radius 1 is 1.40 bits per heavy atom. The normalized spacial score (nSPS) is 10.2. The Hall–Kier alpha value is -2.61. The van der Waals surface area contributed by atoms with Crippen molar-refractivity contribution < 1.29 is 19.9 Å². The quantitative estimate of drug-likeness (QED) is 0.444. The summed E-state index contributed by atoms with van der Waals surface area (Å²) in [5.41, 5.74) is 0.213. The van der Waals surface area contributed by atoms with Crippen molar-refractivity contribution >= 4 is 28.7 Å². The molecule has 104 valence electrons. The first kappa shape index (κ1) is 13.8. The van der Waals surface area contributed by atoms with Crippen LogP contribution in [0.3, 0.4) is 0 Å². The number of benzene rings is 1. The lowest BCUT2D eigenvalue weighted by atomic mass is 10.2. The van der Waals surface area contributed by atoms with Gasteiger partial charge in [-0.05, 0) is 18.2 Å². The van der Waals surface area contributed by atoms with Crippen molar-refractivity contribution in [2.24, 2.45) is 0 Å². The number of nitro benzene ring substituents is 1. The topological polar surface area (TPSA) is 113 Å². The average Bonchev–Trinajstić information content (AvgIpc) is 2.86. The Kier molecular flexibility index (Phi) is 3.85. The van der Waals surface area contributed by atoms with Gasteiger partial charge in [0, 0.05) is 16.8 Å². The summed E-state index contributed by atoms with van der Waals surface area (Å²) < 4.78 is 0. The predicted octanol–water partition coefficient (Wildman–Crippen LogP) is 2.67. The maximum Gasteiger partial charge on any atom is 0.336 e. The number of aromatic carboxylic acids is 1. The molecule has 0 radical (unpaired) electrons. The first-order valence-electron chi connectivity index (χ1n) is 5.49. The molecule has 0 fully saturated rings. The molecular weight excluding hydrogens is 284 g/mol. The third kappa shape index (κ3) is 3.04. The van der Waals surface area contributed by atoms with E-state index in [9.17, 15) is 20.0 Å². The minimum absolute atomic E-state index is 0.187. The molecule has 0 aliphatic carbocycles. The lowest BCUT2D eigenvalue weighted by Crippen LogP contribution is -2.01. The van der Waals surface area contributed by atoms with Gasteiger partial charge in [-0.15, -0.1) is 11.3 Å². The number of thiophene rings is 1. The number of rotatable bonds is 5. The molecule has 3 N–H and O–H groups in total. The average molecular weight is 294 g/mol. The Bertz CT molecular complexity index is 668. The number of carboxylic acids is 1. The van der Waals surface area contributed by atoms with E-state index in [0.717, 1.165) is 10.9 Å². The highest BCUT2D eigenvalue weighted by Gasteiger charge is 2.15. The van der Waals surface area contributed by atoms with Gasteiger partial charge >= 0.3 is 5.97 Å². The van der Waals surface area contributed by atoms with Gasteiger partial charge in [0.15, 0.2) is 0 Å². The number of carbonyl (C=O) groups is 1. The van der Waals surface area contributed by atoms with Gasteiger partial charge in [0.05, 0.1) is 16.6 Å². The fourth-order valence-corrected chi connectivity index (χ4v) is 2.39. The molecule has 0 amide bonds. The number of nitro groups is 1. The summed E-state index contributed by atoms with van der Waals surface area (Å²) in [6.07, 6.45) is 0. The fraction of sp³-hybridized carbons (Fsp3) is 0.0833. The molecule has 20 heavy (non-hydrogen) atoms.